The van der Waals surface area contributed by atoms with Crippen molar-refractivity contribution in [1.82, 2.24) is 0 Å². The Bertz CT molecular complexity index is 902. The average molecular weight is 339 g/mol. The molecule has 1 aliphatic heterocycles. The van der Waals surface area contributed by atoms with Crippen LogP contribution in [0.3, 0.4) is 0 Å². The lowest BCUT2D eigenvalue weighted by Gasteiger charge is -2.12. The average Bonchev–Trinajstić information content (AvgIpc) is 2.54. The van der Waals surface area contributed by atoms with Gasteiger partial charge in [0.1, 0.15) is 16.4 Å². The largest absolute Gasteiger partial charge is 0.478 e. The zero-order valence-electron chi connectivity index (χ0n) is 11.5. The third-order valence-corrected chi connectivity index (χ3v) is 5.38. The van der Waals surface area contributed by atoms with Gasteiger partial charge in [-0.15, -0.1) is 0 Å². The fourth-order valence-electron chi connectivity index (χ4n) is 2.39. The van der Waals surface area contributed by atoms with Gasteiger partial charge in [0.05, 0.1) is 16.3 Å². The molecule has 1 N–H and O–H groups in total. The van der Waals surface area contributed by atoms with E-state index >= 15 is 0 Å². The van der Waals surface area contributed by atoms with Crippen molar-refractivity contribution in [2.24, 2.45) is 0 Å². The van der Waals surface area contributed by atoms with E-state index in [9.17, 15) is 13.2 Å². The molecule has 2 aromatic rings. The molecule has 0 bridgehead atoms. The number of sulfone groups is 1. The Morgan fingerprint density at radius 3 is 2.68 bits per heavy atom. The lowest BCUT2D eigenvalue weighted by Crippen LogP contribution is -2.07. The first-order valence-corrected chi connectivity index (χ1v) is 8.38. The molecule has 0 amide bonds. The van der Waals surface area contributed by atoms with Gasteiger partial charge >= 0.3 is 5.97 Å². The van der Waals surface area contributed by atoms with Gasteiger partial charge < -0.3 is 9.84 Å². The Labute approximate surface area is 132 Å². The van der Waals surface area contributed by atoms with Gasteiger partial charge in [0.15, 0.2) is 9.84 Å². The van der Waals surface area contributed by atoms with Gasteiger partial charge in [-0.1, -0.05) is 23.7 Å². The minimum atomic E-state index is -3.73. The Morgan fingerprint density at radius 2 is 2.00 bits per heavy atom. The highest BCUT2D eigenvalue weighted by Gasteiger charge is 2.30. The third-order valence-electron chi connectivity index (χ3n) is 3.42. The minimum absolute atomic E-state index is 0.0968. The number of rotatable bonds is 1. The number of fused-ring (bicyclic) bond motifs is 2. The third kappa shape index (κ3) is 2.34. The number of benzene rings is 2. The number of halogens is 1. The standard InChI is InChI=1S/C15H11ClO5S/c1-8-5-10(15(17)18)6-12-13(8)21-14-9(7-22(12,19)20)3-2-4-11(14)16/h2-6H,7H2,1H3,(H,17,18). The van der Waals surface area contributed by atoms with E-state index in [0.717, 1.165) is 6.07 Å². The van der Waals surface area contributed by atoms with Gasteiger partial charge in [-0.2, -0.15) is 0 Å². The monoisotopic (exact) mass is 338 g/mol. The van der Waals surface area contributed by atoms with Gasteiger partial charge in [0.2, 0.25) is 0 Å². The van der Waals surface area contributed by atoms with Crippen LogP contribution < -0.4 is 4.74 Å². The molecule has 0 spiro atoms. The molecule has 0 unspecified atom stereocenters. The lowest BCUT2D eigenvalue weighted by molar-refractivity contribution is 0.0696. The van der Waals surface area contributed by atoms with Crippen molar-refractivity contribution in [3.05, 3.63) is 52.0 Å². The van der Waals surface area contributed by atoms with Crippen molar-refractivity contribution in [1.29, 1.82) is 0 Å². The summed E-state index contributed by atoms with van der Waals surface area (Å²) < 4.78 is 30.9. The predicted molar refractivity (Wildman–Crippen MR) is 80.6 cm³/mol. The van der Waals surface area contributed by atoms with Crippen LogP contribution in [-0.2, 0) is 15.6 Å². The zero-order chi connectivity index (χ0) is 16.1. The second-order valence-electron chi connectivity index (χ2n) is 5.01. The predicted octanol–water partition coefficient (Wildman–Crippen LogP) is 3.43. The van der Waals surface area contributed by atoms with Crippen LogP contribution in [0.15, 0.2) is 35.2 Å². The van der Waals surface area contributed by atoms with Gasteiger partial charge in [0.25, 0.3) is 0 Å². The number of para-hydroxylation sites is 1. The van der Waals surface area contributed by atoms with Crippen LogP contribution in [0.4, 0.5) is 0 Å². The lowest BCUT2D eigenvalue weighted by atomic mass is 10.1. The molecule has 0 saturated heterocycles. The smallest absolute Gasteiger partial charge is 0.335 e. The van der Waals surface area contributed by atoms with E-state index in [1.807, 2.05) is 0 Å². The van der Waals surface area contributed by atoms with Gasteiger partial charge in [0, 0.05) is 5.56 Å². The van der Waals surface area contributed by atoms with Crippen LogP contribution in [0, 0.1) is 6.92 Å². The van der Waals surface area contributed by atoms with E-state index < -0.39 is 15.8 Å². The summed E-state index contributed by atoms with van der Waals surface area (Å²) in [7, 11) is -3.73. The Hall–Kier alpha value is -2.05. The van der Waals surface area contributed by atoms with Crippen LogP contribution in [0.5, 0.6) is 11.5 Å². The molecule has 7 heteroatoms. The van der Waals surface area contributed by atoms with Crippen molar-refractivity contribution < 1.29 is 23.1 Å². The summed E-state index contributed by atoms with van der Waals surface area (Å²) in [5, 5.41) is 9.42. The number of aryl methyl sites for hydroxylation is 1. The topological polar surface area (TPSA) is 80.7 Å². The molecule has 3 rings (SSSR count). The summed E-state index contributed by atoms with van der Waals surface area (Å²) in [5.41, 5.74) is 0.770. The molecule has 1 aliphatic rings. The van der Waals surface area contributed by atoms with E-state index in [0.29, 0.717) is 16.1 Å². The van der Waals surface area contributed by atoms with E-state index in [4.69, 9.17) is 21.4 Å². The van der Waals surface area contributed by atoms with Crippen LogP contribution in [0.25, 0.3) is 0 Å². The Kier molecular flexibility index (Phi) is 3.38. The summed E-state index contributed by atoms with van der Waals surface area (Å²) in [5.74, 6) is -1.08. The first-order chi connectivity index (χ1) is 10.3. The minimum Gasteiger partial charge on any atom is -0.478 e. The maximum atomic E-state index is 12.6. The van der Waals surface area contributed by atoms with Crippen molar-refractivity contribution in [3.63, 3.8) is 0 Å². The molecule has 0 atom stereocenters. The number of carboxylic acids is 1. The molecule has 0 fully saturated rings. The van der Waals surface area contributed by atoms with Crippen molar-refractivity contribution in [3.8, 4) is 11.5 Å². The van der Waals surface area contributed by atoms with Crippen molar-refractivity contribution >= 4 is 27.4 Å². The van der Waals surface area contributed by atoms with E-state index in [2.05, 4.69) is 0 Å². The number of ether oxygens (including phenoxy) is 1. The summed E-state index contributed by atoms with van der Waals surface area (Å²) in [6.07, 6.45) is 0. The summed E-state index contributed by atoms with van der Waals surface area (Å²) in [6.45, 7) is 1.60. The maximum absolute atomic E-state index is 12.6. The van der Waals surface area contributed by atoms with E-state index in [1.165, 1.54) is 6.07 Å². The molecule has 0 saturated carbocycles. The van der Waals surface area contributed by atoms with Gasteiger partial charge in [-0.05, 0) is 30.7 Å². The first-order valence-electron chi connectivity index (χ1n) is 6.35. The fourth-order valence-corrected chi connectivity index (χ4v) is 4.21. The van der Waals surface area contributed by atoms with Gasteiger partial charge in [-0.3, -0.25) is 0 Å². The van der Waals surface area contributed by atoms with Crippen molar-refractivity contribution in [2.45, 2.75) is 17.6 Å². The molecule has 0 aromatic heterocycles. The molecule has 1 heterocycles. The molecular weight excluding hydrogens is 328 g/mol. The number of carbonyl (C=O) groups is 1. The second kappa shape index (κ2) is 5.00. The van der Waals surface area contributed by atoms with Crippen LogP contribution >= 0.6 is 11.6 Å². The number of hydrogen-bond donors (Lipinski definition) is 1. The Balaban J connectivity index is 2.33. The number of aromatic carboxylic acids is 1. The molecule has 0 radical (unpaired) electrons. The van der Waals surface area contributed by atoms with Gasteiger partial charge in [-0.25, -0.2) is 13.2 Å². The zero-order valence-corrected chi connectivity index (χ0v) is 13.0. The quantitative estimate of drug-likeness (QED) is 0.861. The second-order valence-corrected chi connectivity index (χ2v) is 7.38. The van der Waals surface area contributed by atoms with Crippen LogP contribution in [0.2, 0.25) is 5.02 Å². The number of carboxylic acid groups (broad SMARTS) is 1. The normalized spacial score (nSPS) is 15.2. The Morgan fingerprint density at radius 1 is 1.27 bits per heavy atom. The highest BCUT2D eigenvalue weighted by Crippen LogP contribution is 2.43. The molecular formula is C15H11ClO5S. The summed E-state index contributed by atoms with van der Waals surface area (Å²) >= 11 is 6.09. The first kappa shape index (κ1) is 14.9. The molecule has 5 nitrogen and oxygen atoms in total. The van der Waals surface area contributed by atoms with Crippen LogP contribution in [-0.4, -0.2) is 19.5 Å². The highest BCUT2D eigenvalue weighted by atomic mass is 35.5. The number of hydrogen-bond acceptors (Lipinski definition) is 4. The molecule has 2 aromatic carbocycles. The SMILES string of the molecule is Cc1cc(C(=O)O)cc2c1Oc1c(Cl)cccc1CS2(=O)=O. The molecule has 22 heavy (non-hydrogen) atoms. The van der Waals surface area contributed by atoms with E-state index in [-0.39, 0.29) is 27.7 Å². The maximum Gasteiger partial charge on any atom is 0.335 e. The van der Waals surface area contributed by atoms with E-state index in [1.54, 1.807) is 25.1 Å². The molecule has 114 valence electrons. The van der Waals surface area contributed by atoms with Crippen molar-refractivity contribution in [2.75, 3.05) is 0 Å². The fraction of sp³-hybridized carbons (Fsp3) is 0.133. The molecule has 0 aliphatic carbocycles. The highest BCUT2D eigenvalue weighted by molar-refractivity contribution is 7.90. The summed E-state index contributed by atoms with van der Waals surface area (Å²) in [4.78, 5) is 11.0. The summed E-state index contributed by atoms with van der Waals surface area (Å²) in [6, 6.07) is 7.38. The van der Waals surface area contributed by atoms with Crippen LogP contribution in [0.1, 0.15) is 21.5 Å².